The van der Waals surface area contributed by atoms with Gasteiger partial charge in [0.1, 0.15) is 0 Å². The average molecular weight is 524 g/mol. The molecule has 1 rings (SSSR count). The van der Waals surface area contributed by atoms with E-state index in [2.05, 4.69) is 0 Å². The second kappa shape index (κ2) is 7.93. The van der Waals surface area contributed by atoms with Gasteiger partial charge < -0.3 is 5.11 Å². The number of rotatable bonds is 5. The first-order valence-electron chi connectivity index (χ1n) is 7.14. The summed E-state index contributed by atoms with van der Waals surface area (Å²) in [5, 5.41) is 8.44. The molecule has 0 aromatic heterocycles. The van der Waals surface area contributed by atoms with E-state index in [0.29, 0.717) is 0 Å². The van der Waals surface area contributed by atoms with Crippen molar-refractivity contribution < 1.29 is 84.5 Å². The lowest BCUT2D eigenvalue weighted by Crippen LogP contribution is -2.61. The molecule has 33 heavy (non-hydrogen) atoms. The highest BCUT2D eigenvalue weighted by atomic mass is 19.4. The first-order chi connectivity index (χ1) is 14.4. The quantitative estimate of drug-likeness (QED) is 0.214. The van der Waals surface area contributed by atoms with E-state index in [1.807, 2.05) is 0 Å². The fraction of sp³-hybridized carbons (Fsp3) is 0.357. The van der Waals surface area contributed by atoms with Crippen molar-refractivity contribution >= 4 is 11.5 Å². The molecule has 0 amide bonds. The van der Waals surface area contributed by atoms with Crippen LogP contribution < -0.4 is 0 Å². The number of benzene rings is 1. The summed E-state index contributed by atoms with van der Waals surface area (Å²) in [6.07, 6.45) is -14.7. The number of aliphatic carboxylic acids is 1. The topological polar surface area (TPSA) is 37.3 Å². The minimum atomic E-state index is -8.18. The molecule has 0 fully saturated rings. The molecule has 0 unspecified atom stereocenters. The number of halogens is 17. The van der Waals surface area contributed by atoms with Crippen LogP contribution in [0.25, 0.3) is 5.57 Å². The molecule has 1 aromatic rings. The molecule has 0 bridgehead atoms. The molecule has 2 nitrogen and oxygen atoms in total. The third kappa shape index (κ3) is 4.16. The van der Waals surface area contributed by atoms with Crippen LogP contribution in [0.1, 0.15) is 5.56 Å². The minimum absolute atomic E-state index is 3.33. The lowest BCUT2D eigenvalue weighted by molar-refractivity contribution is -0.386. The van der Waals surface area contributed by atoms with Gasteiger partial charge in [-0.25, -0.2) is 26.7 Å². The molecule has 1 aromatic carbocycles. The van der Waals surface area contributed by atoms with Crippen molar-refractivity contribution in [2.24, 2.45) is 0 Å². The van der Waals surface area contributed by atoms with Gasteiger partial charge in [0.2, 0.25) is 5.82 Å². The third-order valence-corrected chi connectivity index (χ3v) is 3.67. The first-order valence-corrected chi connectivity index (χ1v) is 7.14. The molecule has 0 saturated carbocycles. The van der Waals surface area contributed by atoms with Gasteiger partial charge in [0, 0.05) is 0 Å². The van der Waals surface area contributed by atoms with Crippen molar-refractivity contribution in [1.29, 1.82) is 0 Å². The molecular weight excluding hydrogens is 523 g/mol. The third-order valence-electron chi connectivity index (χ3n) is 3.67. The molecule has 0 aliphatic rings. The Hall–Kier alpha value is -2.76. The number of carboxylic acids is 1. The lowest BCUT2D eigenvalue weighted by atomic mass is 9.86. The van der Waals surface area contributed by atoms with Gasteiger partial charge in [-0.3, -0.25) is 0 Å². The van der Waals surface area contributed by atoms with Crippen LogP contribution in [0.5, 0.6) is 0 Å². The Morgan fingerprint density at radius 2 is 0.909 bits per heavy atom. The van der Waals surface area contributed by atoms with Crippen LogP contribution >= 0.6 is 0 Å². The number of hydrogen-bond donors (Lipinski definition) is 1. The van der Waals surface area contributed by atoms with E-state index < -0.39 is 81.9 Å². The lowest BCUT2D eigenvalue weighted by Gasteiger charge is -2.35. The van der Waals surface area contributed by atoms with Crippen molar-refractivity contribution in [3.05, 3.63) is 40.2 Å². The monoisotopic (exact) mass is 524 g/mol. The van der Waals surface area contributed by atoms with Crippen LogP contribution in [0, 0.1) is 29.1 Å². The second-order valence-corrected chi connectivity index (χ2v) is 5.72. The van der Waals surface area contributed by atoms with Crippen LogP contribution in [0.15, 0.2) is 5.57 Å². The van der Waals surface area contributed by atoms with Crippen LogP contribution in [-0.4, -0.2) is 41.2 Å². The highest BCUT2D eigenvalue weighted by Crippen LogP contribution is 2.58. The van der Waals surface area contributed by atoms with Gasteiger partial charge in [0.15, 0.2) is 28.8 Å². The first kappa shape index (κ1) is 28.3. The van der Waals surface area contributed by atoms with Gasteiger partial charge in [-0.15, -0.1) is 0 Å². The molecule has 1 N–H and O–H groups in total. The Labute approximate surface area is 167 Å². The molecule has 188 valence electrons. The summed E-state index contributed by atoms with van der Waals surface area (Å²) in [5.41, 5.74) is -12.8. The van der Waals surface area contributed by atoms with Crippen LogP contribution in [0.4, 0.5) is 74.6 Å². The number of alkyl halides is 12. The average Bonchev–Trinajstić information content (AvgIpc) is 2.61. The van der Waals surface area contributed by atoms with Gasteiger partial charge in [0.25, 0.3) is 0 Å². The van der Waals surface area contributed by atoms with E-state index in [1.54, 1.807) is 0 Å². The molecule has 19 heteroatoms. The highest BCUT2D eigenvalue weighted by molar-refractivity contribution is 5.99. The molecule has 0 spiro atoms. The summed E-state index contributed by atoms with van der Waals surface area (Å²) in [4.78, 5) is 10.8. The SMILES string of the molecule is O=C(O)C(=C(c1c(F)c(F)c(F)c(F)c1F)C(F)(F)C(F)(F)C(F)(F)C(F)(F)F)C(F)(F)F. The predicted octanol–water partition coefficient (Wildman–Crippen LogP) is 6.25. The van der Waals surface area contributed by atoms with Gasteiger partial charge in [-0.1, -0.05) is 0 Å². The predicted molar refractivity (Wildman–Crippen MR) is 67.7 cm³/mol. The van der Waals surface area contributed by atoms with E-state index in [0.717, 1.165) is 0 Å². The summed E-state index contributed by atoms with van der Waals surface area (Å²) < 4.78 is 225. The van der Waals surface area contributed by atoms with Crippen LogP contribution in [-0.2, 0) is 4.79 Å². The zero-order valence-corrected chi connectivity index (χ0v) is 14.3. The summed E-state index contributed by atoms with van der Waals surface area (Å²) in [6, 6.07) is 0. The molecule has 0 aliphatic carbocycles. The Morgan fingerprint density at radius 1 is 0.576 bits per heavy atom. The zero-order chi connectivity index (χ0) is 26.7. The smallest absolute Gasteiger partial charge is 0.460 e. The molecule has 0 atom stereocenters. The maximum Gasteiger partial charge on any atom is 0.460 e. The largest absolute Gasteiger partial charge is 0.478 e. The minimum Gasteiger partial charge on any atom is -0.478 e. The van der Waals surface area contributed by atoms with E-state index in [9.17, 15) is 79.4 Å². The second-order valence-electron chi connectivity index (χ2n) is 5.72. The summed E-state index contributed by atoms with van der Waals surface area (Å²) >= 11 is 0. The fourth-order valence-corrected chi connectivity index (χ4v) is 2.17. The fourth-order valence-electron chi connectivity index (χ4n) is 2.17. The Balaban J connectivity index is 4.46. The Bertz CT molecular complexity index is 969. The van der Waals surface area contributed by atoms with E-state index in [4.69, 9.17) is 5.11 Å². The maximum absolute atomic E-state index is 14.2. The number of carboxylic acid groups (broad SMARTS) is 1. The zero-order valence-electron chi connectivity index (χ0n) is 14.3. The molecular formula is C14HF17O2. The van der Waals surface area contributed by atoms with Crippen molar-refractivity contribution in [2.75, 3.05) is 0 Å². The van der Waals surface area contributed by atoms with Crippen molar-refractivity contribution in [1.82, 2.24) is 0 Å². The maximum atomic E-state index is 14.2. The summed E-state index contributed by atoms with van der Waals surface area (Å²) in [7, 11) is 0. The van der Waals surface area contributed by atoms with Gasteiger partial charge in [0.05, 0.1) is 11.1 Å². The number of hydrogen-bond acceptors (Lipinski definition) is 1. The van der Waals surface area contributed by atoms with E-state index in [1.165, 1.54) is 0 Å². The standard InChI is InChI=1S/C14HF17O2/c15-4-1(5(16)7(18)8(19)6(4)17)2(3(9(32)33)11(22,23)24)10(20,21)12(25,26)13(27,28)14(29,30)31/h(H,32,33). The number of allylic oxidation sites excluding steroid dienone is 1. The Kier molecular flexibility index (Phi) is 6.79. The molecule has 0 radical (unpaired) electrons. The highest BCUT2D eigenvalue weighted by Gasteiger charge is 2.83. The van der Waals surface area contributed by atoms with Crippen LogP contribution in [0.2, 0.25) is 0 Å². The van der Waals surface area contributed by atoms with Gasteiger partial charge >= 0.3 is 36.1 Å². The Morgan fingerprint density at radius 3 is 1.18 bits per heavy atom. The van der Waals surface area contributed by atoms with Crippen molar-refractivity contribution in [3.63, 3.8) is 0 Å². The van der Waals surface area contributed by atoms with E-state index >= 15 is 0 Å². The summed E-state index contributed by atoms with van der Waals surface area (Å²) in [5.74, 6) is -46.1. The molecule has 0 saturated heterocycles. The normalized spacial score (nSPS) is 14.9. The number of carbonyl (C=O) groups is 1. The van der Waals surface area contributed by atoms with Crippen molar-refractivity contribution in [3.8, 4) is 0 Å². The van der Waals surface area contributed by atoms with E-state index in [-0.39, 0.29) is 0 Å². The van der Waals surface area contributed by atoms with Gasteiger partial charge in [-0.2, -0.15) is 52.7 Å². The molecule has 0 heterocycles. The van der Waals surface area contributed by atoms with Crippen molar-refractivity contribution in [2.45, 2.75) is 30.1 Å². The van der Waals surface area contributed by atoms with Gasteiger partial charge in [-0.05, 0) is 0 Å². The summed E-state index contributed by atoms with van der Waals surface area (Å²) in [6.45, 7) is 0. The van der Waals surface area contributed by atoms with Crippen LogP contribution in [0.3, 0.4) is 0 Å². The molecule has 0 aliphatic heterocycles.